The molecular weight excluding hydrogens is 394 g/mol. The predicted molar refractivity (Wildman–Crippen MR) is 121 cm³/mol. The molecule has 31 heavy (non-hydrogen) atoms. The molecule has 2 rings (SSSR count). The lowest BCUT2D eigenvalue weighted by molar-refractivity contribution is -0.317. The van der Waals surface area contributed by atoms with Crippen LogP contribution in [0.25, 0.3) is 0 Å². The van der Waals surface area contributed by atoms with Crippen molar-refractivity contribution in [3.63, 3.8) is 0 Å². The van der Waals surface area contributed by atoms with Gasteiger partial charge < -0.3 is 9.47 Å². The molecule has 0 amide bonds. The third kappa shape index (κ3) is 5.51. The molecule has 0 aromatic heterocycles. The third-order valence-electron chi connectivity index (χ3n) is 6.73. The van der Waals surface area contributed by atoms with E-state index in [1.54, 1.807) is 13.8 Å². The second-order valence-electron chi connectivity index (χ2n) is 10.7. The average Bonchev–Trinajstić information content (AvgIpc) is 3.09. The second-order valence-corrected chi connectivity index (χ2v) is 10.7. The van der Waals surface area contributed by atoms with Gasteiger partial charge in [0.15, 0.2) is 5.41 Å². The summed E-state index contributed by atoms with van der Waals surface area (Å²) in [5, 5.41) is 2.15. The number of hydrogen-bond donors (Lipinski definition) is 0. The van der Waals surface area contributed by atoms with E-state index in [2.05, 4.69) is 32.8 Å². The van der Waals surface area contributed by atoms with Gasteiger partial charge in [0, 0.05) is 17.0 Å². The summed E-state index contributed by atoms with van der Waals surface area (Å²) in [6.07, 6.45) is 9.28. The minimum Gasteiger partial charge on any atom is -0.465 e. The fraction of sp³-hybridized carbons (Fsp3) is 0.840. The minimum absolute atomic E-state index is 0.0696. The van der Waals surface area contributed by atoms with Gasteiger partial charge in [-0.15, -0.1) is 0 Å². The van der Waals surface area contributed by atoms with E-state index in [-0.39, 0.29) is 30.2 Å². The summed E-state index contributed by atoms with van der Waals surface area (Å²) >= 11 is 0. The van der Waals surface area contributed by atoms with Crippen molar-refractivity contribution in [2.24, 2.45) is 11.3 Å². The Morgan fingerprint density at radius 3 is 1.94 bits per heavy atom. The van der Waals surface area contributed by atoms with Crippen LogP contribution < -0.4 is 0 Å². The molecule has 6 heteroatoms. The summed E-state index contributed by atoms with van der Waals surface area (Å²) in [5.74, 6) is -1.22. The van der Waals surface area contributed by atoms with Crippen LogP contribution in [0.15, 0.2) is 12.2 Å². The minimum atomic E-state index is -1.26. The number of carbonyl (C=O) groups is 2. The van der Waals surface area contributed by atoms with Crippen LogP contribution in [-0.4, -0.2) is 46.9 Å². The molecule has 0 spiro atoms. The number of hydroxylamine groups is 2. The van der Waals surface area contributed by atoms with E-state index in [1.165, 1.54) is 6.42 Å². The number of piperidine rings is 1. The monoisotopic (exact) mass is 437 g/mol. The first kappa shape index (κ1) is 25.9. The molecule has 0 N–H and O–H groups in total. The number of ether oxygens (including phenoxy) is 2. The molecule has 178 valence electrons. The number of carbonyl (C=O) groups excluding carboxylic acids is 2. The Morgan fingerprint density at radius 1 is 0.935 bits per heavy atom. The zero-order valence-corrected chi connectivity index (χ0v) is 20.9. The van der Waals surface area contributed by atoms with E-state index in [0.717, 1.165) is 25.7 Å². The predicted octanol–water partition coefficient (Wildman–Crippen LogP) is 5.21. The molecular formula is C25H43NO5. The molecule has 1 aliphatic carbocycles. The van der Waals surface area contributed by atoms with Crippen LogP contribution in [0.1, 0.15) is 93.9 Å². The molecule has 0 bridgehead atoms. The quantitative estimate of drug-likeness (QED) is 0.295. The van der Waals surface area contributed by atoms with Crippen LogP contribution in [0.5, 0.6) is 0 Å². The Balaban J connectivity index is 2.27. The van der Waals surface area contributed by atoms with Crippen molar-refractivity contribution in [1.29, 1.82) is 0 Å². The van der Waals surface area contributed by atoms with Crippen molar-refractivity contribution in [3.05, 3.63) is 12.2 Å². The first-order valence-corrected chi connectivity index (χ1v) is 11.9. The van der Waals surface area contributed by atoms with Crippen LogP contribution in [0.3, 0.4) is 0 Å². The summed E-state index contributed by atoms with van der Waals surface area (Å²) in [6.45, 7) is 16.9. The van der Waals surface area contributed by atoms with Gasteiger partial charge in [0.2, 0.25) is 0 Å². The topological polar surface area (TPSA) is 65.1 Å². The average molecular weight is 438 g/mol. The van der Waals surface area contributed by atoms with Gasteiger partial charge in [-0.25, -0.2) is 0 Å². The Hall–Kier alpha value is -1.40. The maximum absolute atomic E-state index is 12.9. The Bertz CT molecular complexity index is 645. The maximum atomic E-state index is 12.9. The largest absolute Gasteiger partial charge is 0.465 e. The van der Waals surface area contributed by atoms with E-state index in [9.17, 15) is 9.59 Å². The van der Waals surface area contributed by atoms with Crippen LogP contribution in [-0.2, 0) is 23.9 Å². The van der Waals surface area contributed by atoms with Crippen LogP contribution in [0.2, 0.25) is 0 Å². The number of esters is 2. The molecule has 0 aromatic carbocycles. The SMILES string of the molecule is CCOC(=O)C1(C(=O)OCC)CCCC1/C=C/C(C)(C)ON1C(C)(C)CCCC1(C)C. The number of nitrogens with zero attached hydrogens (tertiary/aromatic N) is 1. The molecule has 2 aliphatic rings. The Morgan fingerprint density at radius 2 is 1.45 bits per heavy atom. The maximum Gasteiger partial charge on any atom is 0.324 e. The lowest BCUT2D eigenvalue weighted by Gasteiger charge is -2.53. The molecule has 1 atom stereocenters. The lowest BCUT2D eigenvalue weighted by Crippen LogP contribution is -2.60. The van der Waals surface area contributed by atoms with Crippen molar-refractivity contribution in [2.45, 2.75) is 111 Å². The smallest absolute Gasteiger partial charge is 0.324 e. The molecule has 0 aromatic rings. The highest BCUT2D eigenvalue weighted by Gasteiger charge is 2.56. The fourth-order valence-electron chi connectivity index (χ4n) is 5.24. The summed E-state index contributed by atoms with van der Waals surface area (Å²) < 4.78 is 10.6. The molecule has 1 saturated carbocycles. The van der Waals surface area contributed by atoms with Crippen molar-refractivity contribution >= 4 is 11.9 Å². The standard InChI is InChI=1S/C25H43NO5/c1-9-29-20(27)25(21(28)30-10-2)17-11-13-19(25)14-18-24(7,8)31-26-22(3,4)15-12-16-23(26,5)6/h14,18-19H,9-13,15-17H2,1-8H3/b18-14+. The summed E-state index contributed by atoms with van der Waals surface area (Å²) in [5.41, 5.74) is -1.99. The second kappa shape index (κ2) is 9.62. The van der Waals surface area contributed by atoms with E-state index in [4.69, 9.17) is 14.3 Å². The van der Waals surface area contributed by atoms with Gasteiger partial charge in [-0.1, -0.05) is 18.6 Å². The summed E-state index contributed by atoms with van der Waals surface area (Å²) in [6, 6.07) is 0. The normalized spacial score (nSPS) is 25.5. The van der Waals surface area contributed by atoms with E-state index < -0.39 is 23.0 Å². The number of rotatable bonds is 8. The van der Waals surface area contributed by atoms with Gasteiger partial charge in [0.1, 0.15) is 5.60 Å². The van der Waals surface area contributed by atoms with E-state index in [1.807, 2.05) is 26.0 Å². The molecule has 0 radical (unpaired) electrons. The molecule has 1 unspecified atom stereocenters. The van der Waals surface area contributed by atoms with Gasteiger partial charge in [-0.05, 0) is 87.5 Å². The van der Waals surface area contributed by atoms with Crippen molar-refractivity contribution in [1.82, 2.24) is 5.06 Å². The fourth-order valence-corrected chi connectivity index (χ4v) is 5.24. The van der Waals surface area contributed by atoms with Crippen LogP contribution in [0.4, 0.5) is 0 Å². The Labute approximate surface area is 188 Å². The molecule has 2 fully saturated rings. The Kier molecular flexibility index (Phi) is 8.02. The van der Waals surface area contributed by atoms with Crippen molar-refractivity contribution < 1.29 is 23.9 Å². The van der Waals surface area contributed by atoms with Gasteiger partial charge in [-0.2, -0.15) is 5.06 Å². The number of allylic oxidation sites excluding steroid dienone is 1. The van der Waals surface area contributed by atoms with Crippen molar-refractivity contribution in [3.8, 4) is 0 Å². The molecule has 1 aliphatic heterocycles. The highest BCUT2D eigenvalue weighted by atomic mass is 16.7. The van der Waals surface area contributed by atoms with Crippen LogP contribution >= 0.6 is 0 Å². The van der Waals surface area contributed by atoms with Crippen LogP contribution in [0, 0.1) is 11.3 Å². The molecule has 6 nitrogen and oxygen atoms in total. The van der Waals surface area contributed by atoms with Gasteiger partial charge in [0.25, 0.3) is 0 Å². The van der Waals surface area contributed by atoms with Gasteiger partial charge in [0.05, 0.1) is 13.2 Å². The molecule has 1 heterocycles. The lowest BCUT2D eigenvalue weighted by atomic mass is 9.77. The van der Waals surface area contributed by atoms with E-state index in [0.29, 0.717) is 6.42 Å². The zero-order valence-electron chi connectivity index (χ0n) is 20.9. The van der Waals surface area contributed by atoms with Crippen molar-refractivity contribution in [2.75, 3.05) is 13.2 Å². The van der Waals surface area contributed by atoms with E-state index >= 15 is 0 Å². The van der Waals surface area contributed by atoms with Gasteiger partial charge in [-0.3, -0.25) is 14.4 Å². The first-order valence-electron chi connectivity index (χ1n) is 11.9. The molecule has 1 saturated heterocycles. The number of hydrogen-bond acceptors (Lipinski definition) is 6. The van der Waals surface area contributed by atoms with Gasteiger partial charge >= 0.3 is 11.9 Å². The summed E-state index contributed by atoms with van der Waals surface area (Å²) in [7, 11) is 0. The third-order valence-corrected chi connectivity index (χ3v) is 6.73. The zero-order chi connectivity index (χ0) is 23.5. The first-order chi connectivity index (χ1) is 14.3. The highest BCUT2D eigenvalue weighted by molar-refractivity contribution is 6.01. The summed E-state index contributed by atoms with van der Waals surface area (Å²) in [4.78, 5) is 32.4. The highest BCUT2D eigenvalue weighted by Crippen LogP contribution is 2.47.